The Morgan fingerprint density at radius 3 is 2.48 bits per heavy atom. The number of ether oxygens (including phenoxy) is 3. The van der Waals surface area contributed by atoms with E-state index in [1.165, 1.54) is 13.4 Å². The van der Waals surface area contributed by atoms with E-state index in [4.69, 9.17) is 19.3 Å². The van der Waals surface area contributed by atoms with Crippen molar-refractivity contribution in [3.63, 3.8) is 0 Å². The predicted octanol–water partition coefficient (Wildman–Crippen LogP) is 3.24. The first-order valence-electron chi connectivity index (χ1n) is 9.56. The number of nitrogens with one attached hydrogen (secondary N) is 1. The lowest BCUT2D eigenvalue weighted by Gasteiger charge is -2.16. The molecule has 33 heavy (non-hydrogen) atoms. The molecule has 1 aromatic heterocycles. The van der Waals surface area contributed by atoms with Gasteiger partial charge in [0.15, 0.2) is 6.61 Å². The number of sulfonamides is 1. The maximum Gasteiger partial charge on any atom is 0.422 e. The summed E-state index contributed by atoms with van der Waals surface area (Å²) in [5.41, 5.74) is 0.631. The number of halogens is 3. The van der Waals surface area contributed by atoms with E-state index in [-0.39, 0.29) is 22.8 Å². The van der Waals surface area contributed by atoms with Crippen LogP contribution in [0.25, 0.3) is 10.9 Å². The average molecular weight is 486 g/mol. The minimum atomic E-state index is -4.57. The van der Waals surface area contributed by atoms with Crippen LogP contribution in [0.3, 0.4) is 0 Å². The van der Waals surface area contributed by atoms with Crippen molar-refractivity contribution in [3.8, 4) is 17.2 Å². The Kier molecular flexibility index (Phi) is 7.12. The van der Waals surface area contributed by atoms with E-state index in [0.29, 0.717) is 34.8 Å². The maximum absolute atomic E-state index is 12.6. The van der Waals surface area contributed by atoms with Crippen molar-refractivity contribution in [2.24, 2.45) is 5.14 Å². The Bertz CT molecular complexity index is 1250. The van der Waals surface area contributed by atoms with Crippen LogP contribution < -0.4 is 24.7 Å². The summed E-state index contributed by atoms with van der Waals surface area (Å²) in [6, 6.07) is 6.66. The lowest BCUT2D eigenvalue weighted by molar-refractivity contribution is -0.153. The molecule has 2 aromatic carbocycles. The molecule has 3 N–H and O–H groups in total. The van der Waals surface area contributed by atoms with E-state index in [1.807, 2.05) is 0 Å². The SMILES string of the molecule is CCOc1cc(OC)cc2ncnc(NCc3cc(S(N)(=O)=O)ccc3OCC(F)(F)F)c12. The van der Waals surface area contributed by atoms with Crippen molar-refractivity contribution in [2.75, 3.05) is 25.6 Å². The van der Waals surface area contributed by atoms with Gasteiger partial charge in [-0.3, -0.25) is 0 Å². The third-order valence-electron chi connectivity index (χ3n) is 4.41. The number of methoxy groups -OCH3 is 1. The van der Waals surface area contributed by atoms with Crippen molar-refractivity contribution in [1.82, 2.24) is 9.97 Å². The van der Waals surface area contributed by atoms with Crippen LogP contribution in [0.1, 0.15) is 12.5 Å². The second-order valence-corrected chi connectivity index (χ2v) is 8.31. The monoisotopic (exact) mass is 486 g/mol. The molecule has 0 spiro atoms. The summed E-state index contributed by atoms with van der Waals surface area (Å²) < 4.78 is 77.2. The Morgan fingerprint density at radius 1 is 1.09 bits per heavy atom. The summed E-state index contributed by atoms with van der Waals surface area (Å²) in [5, 5.41) is 8.67. The van der Waals surface area contributed by atoms with Crippen LogP contribution in [-0.4, -0.2) is 44.9 Å². The van der Waals surface area contributed by atoms with Gasteiger partial charge in [-0.2, -0.15) is 13.2 Å². The summed E-state index contributed by atoms with van der Waals surface area (Å²) in [5.74, 6) is 1.10. The first-order valence-corrected chi connectivity index (χ1v) is 11.1. The zero-order valence-corrected chi connectivity index (χ0v) is 18.5. The van der Waals surface area contributed by atoms with Crippen LogP contribution in [0.4, 0.5) is 19.0 Å². The number of nitrogens with two attached hydrogens (primary N) is 1. The van der Waals surface area contributed by atoms with Crippen LogP contribution in [-0.2, 0) is 16.6 Å². The van der Waals surface area contributed by atoms with Gasteiger partial charge >= 0.3 is 6.18 Å². The zero-order valence-electron chi connectivity index (χ0n) is 17.6. The van der Waals surface area contributed by atoms with Crippen molar-refractivity contribution < 1.29 is 35.8 Å². The number of anilines is 1. The van der Waals surface area contributed by atoms with Crippen LogP contribution in [0.15, 0.2) is 41.6 Å². The molecule has 0 saturated heterocycles. The molecule has 178 valence electrons. The lowest BCUT2D eigenvalue weighted by atomic mass is 10.1. The van der Waals surface area contributed by atoms with Gasteiger partial charge in [-0.15, -0.1) is 0 Å². The Balaban J connectivity index is 1.99. The number of alkyl halides is 3. The van der Waals surface area contributed by atoms with Crippen LogP contribution in [0, 0.1) is 0 Å². The smallest absolute Gasteiger partial charge is 0.422 e. The number of hydrogen-bond acceptors (Lipinski definition) is 8. The van der Waals surface area contributed by atoms with Crippen LogP contribution >= 0.6 is 0 Å². The fourth-order valence-electron chi connectivity index (χ4n) is 3.00. The molecule has 0 unspecified atom stereocenters. The van der Waals surface area contributed by atoms with E-state index >= 15 is 0 Å². The summed E-state index contributed by atoms with van der Waals surface area (Å²) in [6.07, 6.45) is -3.28. The Morgan fingerprint density at radius 2 is 1.85 bits per heavy atom. The number of aromatic nitrogens is 2. The third kappa shape index (κ3) is 6.14. The van der Waals surface area contributed by atoms with Gasteiger partial charge in [0.1, 0.15) is 29.4 Å². The van der Waals surface area contributed by atoms with Crippen molar-refractivity contribution in [3.05, 3.63) is 42.2 Å². The van der Waals surface area contributed by atoms with Crippen molar-refractivity contribution in [1.29, 1.82) is 0 Å². The lowest BCUT2D eigenvalue weighted by Crippen LogP contribution is -2.20. The van der Waals surface area contributed by atoms with E-state index in [9.17, 15) is 21.6 Å². The quantitative estimate of drug-likeness (QED) is 0.472. The van der Waals surface area contributed by atoms with Crippen molar-refractivity contribution in [2.45, 2.75) is 24.5 Å². The second kappa shape index (κ2) is 9.67. The van der Waals surface area contributed by atoms with Gasteiger partial charge in [0.2, 0.25) is 10.0 Å². The molecular weight excluding hydrogens is 465 g/mol. The van der Waals surface area contributed by atoms with E-state index < -0.39 is 22.8 Å². The minimum Gasteiger partial charge on any atom is -0.497 e. The molecular formula is C20H21F3N4O5S. The molecule has 0 bridgehead atoms. The van der Waals surface area contributed by atoms with Gasteiger partial charge in [0.05, 0.1) is 29.5 Å². The zero-order chi connectivity index (χ0) is 24.2. The number of primary sulfonamides is 1. The maximum atomic E-state index is 12.6. The standard InChI is InChI=1S/C20H21F3N4O5S/c1-3-31-17-8-13(30-2)7-15-18(17)19(27-11-26-15)25-9-12-6-14(33(24,28)29)4-5-16(12)32-10-20(21,22)23/h4-8,11H,3,9-10H2,1-2H3,(H2,24,28,29)(H,25,26,27). The van der Waals surface area contributed by atoms with Crippen molar-refractivity contribution >= 4 is 26.7 Å². The Hall–Kier alpha value is -3.32. The molecule has 3 rings (SSSR count). The topological polar surface area (TPSA) is 126 Å². The highest BCUT2D eigenvalue weighted by Gasteiger charge is 2.29. The number of fused-ring (bicyclic) bond motifs is 1. The molecule has 13 heteroatoms. The second-order valence-electron chi connectivity index (χ2n) is 6.75. The summed E-state index contributed by atoms with van der Waals surface area (Å²) in [4.78, 5) is 8.14. The predicted molar refractivity (Wildman–Crippen MR) is 114 cm³/mol. The summed E-state index contributed by atoms with van der Waals surface area (Å²) >= 11 is 0. The van der Waals surface area contributed by atoms with E-state index in [2.05, 4.69) is 15.3 Å². The molecule has 0 radical (unpaired) electrons. The van der Waals surface area contributed by atoms with E-state index in [1.54, 1.807) is 19.1 Å². The minimum absolute atomic E-state index is 0.125. The number of benzene rings is 2. The average Bonchev–Trinajstić information content (AvgIpc) is 2.75. The normalized spacial score (nSPS) is 11.9. The van der Waals surface area contributed by atoms with E-state index in [0.717, 1.165) is 18.2 Å². The fourth-order valence-corrected chi connectivity index (χ4v) is 3.57. The van der Waals surface area contributed by atoms with Gasteiger partial charge < -0.3 is 19.5 Å². The Labute approximate surface area is 187 Å². The molecule has 3 aromatic rings. The molecule has 0 aliphatic carbocycles. The van der Waals surface area contributed by atoms with Gasteiger partial charge in [0.25, 0.3) is 0 Å². The fraction of sp³-hybridized carbons (Fsp3) is 0.300. The van der Waals surface area contributed by atoms with Crippen LogP contribution in [0.2, 0.25) is 0 Å². The van der Waals surface area contributed by atoms with Gasteiger partial charge in [-0.1, -0.05) is 0 Å². The highest BCUT2D eigenvalue weighted by Crippen LogP contribution is 2.35. The van der Waals surface area contributed by atoms with Gasteiger partial charge in [0, 0.05) is 24.2 Å². The van der Waals surface area contributed by atoms with Gasteiger partial charge in [-0.25, -0.2) is 23.5 Å². The molecule has 1 heterocycles. The molecule has 0 aliphatic heterocycles. The molecule has 0 fully saturated rings. The third-order valence-corrected chi connectivity index (χ3v) is 5.32. The summed E-state index contributed by atoms with van der Waals surface area (Å²) in [6.45, 7) is 0.480. The molecule has 0 aliphatic rings. The largest absolute Gasteiger partial charge is 0.497 e. The first kappa shape index (κ1) is 24.3. The molecule has 0 saturated carbocycles. The molecule has 9 nitrogen and oxygen atoms in total. The first-order chi connectivity index (χ1) is 15.5. The van der Waals surface area contributed by atoms with Crippen LogP contribution in [0.5, 0.6) is 17.2 Å². The number of hydrogen-bond donors (Lipinski definition) is 2. The molecule has 0 atom stereocenters. The number of rotatable bonds is 9. The molecule has 0 amide bonds. The highest BCUT2D eigenvalue weighted by atomic mass is 32.2. The number of nitrogens with zero attached hydrogens (tertiary/aromatic N) is 2. The summed E-state index contributed by atoms with van der Waals surface area (Å²) in [7, 11) is -2.59. The highest BCUT2D eigenvalue weighted by molar-refractivity contribution is 7.89. The van der Waals surface area contributed by atoms with Gasteiger partial charge in [-0.05, 0) is 25.1 Å².